The number of halogens is 1. The first-order chi connectivity index (χ1) is 13.0. The van der Waals surface area contributed by atoms with E-state index in [1.165, 1.54) is 12.1 Å². The number of likely N-dealkylation sites (tertiary alicyclic amines) is 1. The number of nitrogens with zero attached hydrogens (tertiary/aromatic N) is 1. The second-order valence-electron chi connectivity index (χ2n) is 7.02. The molecule has 2 heterocycles. The normalized spacial score (nSPS) is 18.0. The quantitative estimate of drug-likeness (QED) is 0.813. The Morgan fingerprint density at radius 2 is 1.93 bits per heavy atom. The van der Waals surface area contributed by atoms with E-state index in [4.69, 9.17) is 9.47 Å². The molecule has 1 spiro atoms. The summed E-state index contributed by atoms with van der Waals surface area (Å²) in [6.45, 7) is 0.833. The topological polar surface area (TPSA) is 55.8 Å². The zero-order chi connectivity index (χ0) is 19.0. The van der Waals surface area contributed by atoms with E-state index in [9.17, 15) is 14.0 Å². The number of ketones is 1. The molecule has 0 aromatic heterocycles. The summed E-state index contributed by atoms with van der Waals surface area (Å²) >= 11 is 0. The van der Waals surface area contributed by atoms with Crippen LogP contribution < -0.4 is 9.47 Å². The van der Waals surface area contributed by atoms with E-state index in [1.54, 1.807) is 42.3 Å². The highest BCUT2D eigenvalue weighted by atomic mass is 19.1. The number of fused-ring (bicyclic) bond motifs is 1. The number of Topliss-reactive ketones (excluding diaryl/α,β-unsaturated/α-hetero) is 1. The largest absolute Gasteiger partial charge is 0.497 e. The van der Waals surface area contributed by atoms with Crippen molar-refractivity contribution in [2.75, 3.05) is 20.2 Å². The van der Waals surface area contributed by atoms with Gasteiger partial charge in [0, 0.05) is 32.0 Å². The second-order valence-corrected chi connectivity index (χ2v) is 7.02. The predicted molar refractivity (Wildman–Crippen MR) is 96.8 cm³/mol. The molecule has 0 atom stereocenters. The van der Waals surface area contributed by atoms with Crippen molar-refractivity contribution >= 4 is 11.7 Å². The number of carbonyl (C=O) groups is 2. The summed E-state index contributed by atoms with van der Waals surface area (Å²) in [5, 5.41) is 0. The molecular weight excluding hydrogens is 349 g/mol. The van der Waals surface area contributed by atoms with Gasteiger partial charge in [-0.2, -0.15) is 0 Å². The highest BCUT2D eigenvalue weighted by Gasteiger charge is 2.44. The van der Waals surface area contributed by atoms with Crippen LogP contribution >= 0.6 is 0 Å². The Balaban J connectivity index is 1.51. The van der Waals surface area contributed by atoms with E-state index in [0.29, 0.717) is 43.0 Å². The Labute approximate surface area is 156 Å². The van der Waals surface area contributed by atoms with E-state index in [-0.39, 0.29) is 23.7 Å². The van der Waals surface area contributed by atoms with Gasteiger partial charge in [-0.3, -0.25) is 9.59 Å². The number of amides is 1. The van der Waals surface area contributed by atoms with Gasteiger partial charge in [-0.25, -0.2) is 4.39 Å². The van der Waals surface area contributed by atoms with Gasteiger partial charge < -0.3 is 14.4 Å². The average molecular weight is 369 g/mol. The molecule has 27 heavy (non-hydrogen) atoms. The Bertz CT molecular complexity index is 903. The summed E-state index contributed by atoms with van der Waals surface area (Å²) in [6, 6.07) is 11.2. The number of hydrogen-bond acceptors (Lipinski definition) is 4. The summed E-state index contributed by atoms with van der Waals surface area (Å²) in [5.41, 5.74) is 0.0121. The van der Waals surface area contributed by atoms with Crippen molar-refractivity contribution in [3.8, 4) is 11.5 Å². The molecule has 140 valence electrons. The lowest BCUT2D eigenvalue weighted by Gasteiger charge is -2.44. The number of ether oxygens (including phenoxy) is 2. The highest BCUT2D eigenvalue weighted by molar-refractivity contribution is 6.00. The molecule has 2 aromatic carbocycles. The van der Waals surface area contributed by atoms with Crippen LogP contribution in [0.1, 0.15) is 40.0 Å². The van der Waals surface area contributed by atoms with Crippen molar-refractivity contribution in [3.05, 3.63) is 59.4 Å². The molecule has 0 radical (unpaired) electrons. The summed E-state index contributed by atoms with van der Waals surface area (Å²) < 4.78 is 25.3. The third-order valence-electron chi connectivity index (χ3n) is 5.36. The molecule has 2 aromatic rings. The fourth-order valence-corrected chi connectivity index (χ4v) is 3.80. The van der Waals surface area contributed by atoms with Crippen molar-refractivity contribution in [2.45, 2.75) is 24.9 Å². The third-order valence-corrected chi connectivity index (χ3v) is 5.36. The molecule has 1 fully saturated rings. The van der Waals surface area contributed by atoms with Crippen molar-refractivity contribution in [1.82, 2.24) is 4.90 Å². The minimum Gasteiger partial charge on any atom is -0.497 e. The SMILES string of the molecule is COc1ccc2c(c1)OC1(CCN(C(=O)c3ccccc3F)CC1)CC2=O. The van der Waals surface area contributed by atoms with E-state index >= 15 is 0 Å². The molecule has 1 amide bonds. The van der Waals surface area contributed by atoms with Gasteiger partial charge in [0.2, 0.25) is 0 Å². The smallest absolute Gasteiger partial charge is 0.256 e. The van der Waals surface area contributed by atoms with Crippen LogP contribution in [0.5, 0.6) is 11.5 Å². The van der Waals surface area contributed by atoms with Crippen LogP contribution in [-0.4, -0.2) is 42.4 Å². The Morgan fingerprint density at radius 1 is 1.19 bits per heavy atom. The molecule has 6 heteroatoms. The van der Waals surface area contributed by atoms with Crippen LogP contribution in [0.3, 0.4) is 0 Å². The monoisotopic (exact) mass is 369 g/mol. The lowest BCUT2D eigenvalue weighted by Crippen LogP contribution is -2.52. The molecular formula is C21H20FNO4. The van der Waals surface area contributed by atoms with Gasteiger partial charge in [0.05, 0.1) is 24.7 Å². The lowest BCUT2D eigenvalue weighted by atomic mass is 9.82. The van der Waals surface area contributed by atoms with Gasteiger partial charge in [-0.15, -0.1) is 0 Å². The molecule has 2 aliphatic heterocycles. The van der Waals surface area contributed by atoms with Gasteiger partial charge in [-0.05, 0) is 24.3 Å². The maximum absolute atomic E-state index is 13.9. The van der Waals surface area contributed by atoms with Gasteiger partial charge in [0.25, 0.3) is 5.91 Å². The first kappa shape index (κ1) is 17.5. The molecule has 0 aliphatic carbocycles. The third kappa shape index (κ3) is 3.16. The number of rotatable bonds is 2. The first-order valence-electron chi connectivity index (χ1n) is 8.95. The molecule has 0 N–H and O–H groups in total. The molecule has 2 aliphatic rings. The molecule has 5 nitrogen and oxygen atoms in total. The van der Waals surface area contributed by atoms with Gasteiger partial charge >= 0.3 is 0 Å². The summed E-state index contributed by atoms with van der Waals surface area (Å²) in [7, 11) is 1.56. The summed E-state index contributed by atoms with van der Waals surface area (Å²) in [5.74, 6) is 0.345. The van der Waals surface area contributed by atoms with Crippen LogP contribution in [0.2, 0.25) is 0 Å². The van der Waals surface area contributed by atoms with Crippen LogP contribution in [-0.2, 0) is 0 Å². The Hall–Kier alpha value is -2.89. The number of carbonyl (C=O) groups excluding carboxylic acids is 2. The van der Waals surface area contributed by atoms with Crippen LogP contribution in [0.4, 0.5) is 4.39 Å². The van der Waals surface area contributed by atoms with E-state index in [2.05, 4.69) is 0 Å². The zero-order valence-electron chi connectivity index (χ0n) is 15.0. The fraction of sp³-hybridized carbons (Fsp3) is 0.333. The van der Waals surface area contributed by atoms with Crippen LogP contribution in [0.15, 0.2) is 42.5 Å². The zero-order valence-corrected chi connectivity index (χ0v) is 15.0. The van der Waals surface area contributed by atoms with Crippen LogP contribution in [0.25, 0.3) is 0 Å². The van der Waals surface area contributed by atoms with Crippen molar-refractivity contribution < 1.29 is 23.5 Å². The molecule has 0 bridgehead atoms. The standard InChI is InChI=1S/C21H20FNO4/c1-26-14-6-7-16-18(24)13-21(27-19(16)12-14)8-10-23(11-9-21)20(25)15-4-2-3-5-17(15)22/h2-7,12H,8-11,13H2,1H3. The van der Waals surface area contributed by atoms with Crippen molar-refractivity contribution in [2.24, 2.45) is 0 Å². The fourth-order valence-electron chi connectivity index (χ4n) is 3.80. The van der Waals surface area contributed by atoms with Gasteiger partial charge in [0.15, 0.2) is 5.78 Å². The Kier molecular flexibility index (Phi) is 4.34. The van der Waals surface area contributed by atoms with E-state index in [0.717, 1.165) is 0 Å². The maximum Gasteiger partial charge on any atom is 0.256 e. The predicted octanol–water partition coefficient (Wildman–Crippen LogP) is 3.47. The lowest BCUT2D eigenvalue weighted by molar-refractivity contribution is -0.00589. The number of piperidine rings is 1. The minimum atomic E-state index is -0.623. The van der Waals surface area contributed by atoms with E-state index < -0.39 is 11.4 Å². The second kappa shape index (κ2) is 6.68. The number of benzene rings is 2. The maximum atomic E-state index is 13.9. The molecule has 1 saturated heterocycles. The van der Waals surface area contributed by atoms with Gasteiger partial charge in [0.1, 0.15) is 22.9 Å². The molecule has 4 rings (SSSR count). The first-order valence-corrected chi connectivity index (χ1v) is 8.95. The van der Waals surface area contributed by atoms with E-state index in [1.807, 2.05) is 0 Å². The van der Waals surface area contributed by atoms with Crippen molar-refractivity contribution in [3.63, 3.8) is 0 Å². The summed E-state index contributed by atoms with van der Waals surface area (Å²) in [4.78, 5) is 26.8. The average Bonchev–Trinajstić information content (AvgIpc) is 2.68. The molecule has 0 unspecified atom stereocenters. The molecule has 0 saturated carbocycles. The van der Waals surface area contributed by atoms with Gasteiger partial charge in [-0.1, -0.05) is 12.1 Å². The Morgan fingerprint density at radius 3 is 2.63 bits per heavy atom. The number of methoxy groups -OCH3 is 1. The minimum absolute atomic E-state index is 0.0350. The highest BCUT2D eigenvalue weighted by Crippen LogP contribution is 2.40. The van der Waals surface area contributed by atoms with Crippen molar-refractivity contribution in [1.29, 1.82) is 0 Å². The van der Waals surface area contributed by atoms with Crippen LogP contribution in [0, 0.1) is 5.82 Å². The number of hydrogen-bond donors (Lipinski definition) is 0. The summed E-state index contributed by atoms with van der Waals surface area (Å²) in [6.07, 6.45) is 1.33.